The molecule has 120 valence electrons. The van der Waals surface area contributed by atoms with Gasteiger partial charge in [-0.15, -0.1) is 0 Å². The minimum Gasteiger partial charge on any atom is -0.465 e. The second kappa shape index (κ2) is 6.74. The molecule has 1 aromatic carbocycles. The molecule has 22 heavy (non-hydrogen) atoms. The van der Waals surface area contributed by atoms with Gasteiger partial charge in [0.15, 0.2) is 0 Å². The van der Waals surface area contributed by atoms with Crippen molar-refractivity contribution >= 4 is 17.3 Å². The Morgan fingerprint density at radius 1 is 1.45 bits per heavy atom. The minimum absolute atomic E-state index is 0.104. The first-order chi connectivity index (χ1) is 10.5. The largest absolute Gasteiger partial charge is 0.465 e. The highest BCUT2D eigenvalue weighted by molar-refractivity contribution is 5.98. The van der Waals surface area contributed by atoms with Gasteiger partial charge >= 0.3 is 5.97 Å². The van der Waals surface area contributed by atoms with Crippen LogP contribution in [0.1, 0.15) is 42.5 Å². The molecule has 1 aliphatic rings. The number of para-hydroxylation sites is 1. The molecular weight excluding hydrogens is 286 g/mol. The van der Waals surface area contributed by atoms with Gasteiger partial charge in [-0.25, -0.2) is 4.79 Å². The number of anilines is 1. The van der Waals surface area contributed by atoms with Crippen LogP contribution < -0.4 is 11.1 Å². The number of nitro benzene ring substituents is 1. The van der Waals surface area contributed by atoms with Gasteiger partial charge in [0.25, 0.3) is 5.69 Å². The highest BCUT2D eigenvalue weighted by Gasteiger charge is 2.43. The number of nitrogens with two attached hydrogens (primary N) is 1. The summed E-state index contributed by atoms with van der Waals surface area (Å²) in [6.45, 7) is 0.634. The zero-order chi connectivity index (χ0) is 16.2. The third kappa shape index (κ3) is 3.54. The molecule has 0 aliphatic heterocycles. The van der Waals surface area contributed by atoms with E-state index in [1.54, 1.807) is 0 Å². The summed E-state index contributed by atoms with van der Waals surface area (Å²) in [4.78, 5) is 22.6. The molecule has 1 aromatic rings. The number of benzene rings is 1. The van der Waals surface area contributed by atoms with E-state index >= 15 is 0 Å². The van der Waals surface area contributed by atoms with E-state index in [0.29, 0.717) is 6.54 Å². The van der Waals surface area contributed by atoms with Crippen molar-refractivity contribution < 1.29 is 14.5 Å². The van der Waals surface area contributed by atoms with E-state index in [1.165, 1.54) is 25.3 Å². The second-order valence-corrected chi connectivity index (χ2v) is 5.60. The van der Waals surface area contributed by atoms with Gasteiger partial charge in [0.05, 0.1) is 17.6 Å². The van der Waals surface area contributed by atoms with Crippen molar-refractivity contribution in [2.24, 2.45) is 5.73 Å². The van der Waals surface area contributed by atoms with Crippen molar-refractivity contribution in [1.29, 1.82) is 0 Å². The van der Waals surface area contributed by atoms with Gasteiger partial charge in [-0.3, -0.25) is 10.1 Å². The summed E-state index contributed by atoms with van der Waals surface area (Å²) in [5, 5.41) is 14.5. The highest BCUT2D eigenvalue weighted by atomic mass is 16.6. The number of hydrogen-bond donors (Lipinski definition) is 2. The van der Waals surface area contributed by atoms with Crippen molar-refractivity contribution in [3.63, 3.8) is 0 Å². The molecule has 7 nitrogen and oxygen atoms in total. The van der Waals surface area contributed by atoms with Gasteiger partial charge in [-0.1, -0.05) is 6.07 Å². The fourth-order valence-electron chi connectivity index (χ4n) is 2.56. The average molecular weight is 307 g/mol. The van der Waals surface area contributed by atoms with Crippen LogP contribution in [-0.4, -0.2) is 30.1 Å². The van der Waals surface area contributed by atoms with Crippen LogP contribution in [0.15, 0.2) is 18.2 Å². The molecule has 7 heteroatoms. The van der Waals surface area contributed by atoms with E-state index < -0.39 is 10.9 Å². The third-order valence-electron chi connectivity index (χ3n) is 4.00. The number of unbranched alkanes of at least 4 members (excludes halogenated alkanes) is 1. The standard InChI is InChI=1S/C15H21N3O4/c1-22-14(19)11-5-4-6-12(18(20)21)13(11)17-15(8-9-15)7-2-3-10-16/h4-6,17H,2-3,7-10,16H2,1H3. The Bertz CT molecular complexity index is 570. The van der Waals surface area contributed by atoms with E-state index in [1.807, 2.05) is 0 Å². The summed E-state index contributed by atoms with van der Waals surface area (Å²) in [5.41, 5.74) is 5.69. The number of hydrogen-bond acceptors (Lipinski definition) is 6. The van der Waals surface area contributed by atoms with Crippen LogP contribution in [0.3, 0.4) is 0 Å². The first kappa shape index (κ1) is 16.2. The molecule has 0 aromatic heterocycles. The molecular formula is C15H21N3O4. The summed E-state index contributed by atoms with van der Waals surface area (Å²) in [6.07, 6.45) is 4.63. The van der Waals surface area contributed by atoms with Crippen molar-refractivity contribution in [3.05, 3.63) is 33.9 Å². The molecule has 1 aliphatic carbocycles. The van der Waals surface area contributed by atoms with Crippen LogP contribution in [0.2, 0.25) is 0 Å². The van der Waals surface area contributed by atoms with Gasteiger partial charge in [0.2, 0.25) is 0 Å². The normalized spacial score (nSPS) is 15.2. The first-order valence-electron chi connectivity index (χ1n) is 7.37. The molecule has 0 bridgehead atoms. The molecule has 0 atom stereocenters. The van der Waals surface area contributed by atoms with Crippen molar-refractivity contribution in [2.45, 2.75) is 37.6 Å². The average Bonchev–Trinajstić information content (AvgIpc) is 3.26. The van der Waals surface area contributed by atoms with Crippen molar-refractivity contribution in [3.8, 4) is 0 Å². The number of esters is 1. The van der Waals surface area contributed by atoms with Crippen LogP contribution in [0.5, 0.6) is 0 Å². The molecule has 2 rings (SSSR count). The Hall–Kier alpha value is -2.15. The van der Waals surface area contributed by atoms with Gasteiger partial charge in [0, 0.05) is 11.6 Å². The zero-order valence-electron chi connectivity index (χ0n) is 12.6. The maximum atomic E-state index is 11.9. The Kier molecular flexibility index (Phi) is 4.97. The Labute approximate surface area is 129 Å². The summed E-state index contributed by atoms with van der Waals surface area (Å²) < 4.78 is 4.73. The fraction of sp³-hybridized carbons (Fsp3) is 0.533. The third-order valence-corrected chi connectivity index (χ3v) is 4.00. The van der Waals surface area contributed by atoms with E-state index in [2.05, 4.69) is 5.32 Å². The number of carbonyl (C=O) groups is 1. The van der Waals surface area contributed by atoms with Crippen LogP contribution in [-0.2, 0) is 4.74 Å². The molecule has 1 fully saturated rings. The van der Waals surface area contributed by atoms with E-state index in [-0.39, 0.29) is 22.5 Å². The summed E-state index contributed by atoms with van der Waals surface area (Å²) in [6, 6.07) is 4.42. The van der Waals surface area contributed by atoms with E-state index in [0.717, 1.165) is 32.1 Å². The van der Waals surface area contributed by atoms with Gasteiger partial charge < -0.3 is 15.8 Å². The number of nitrogens with zero attached hydrogens (tertiary/aromatic N) is 1. The SMILES string of the molecule is COC(=O)c1cccc([N+](=O)[O-])c1NC1(CCCCN)CC1. The first-order valence-corrected chi connectivity index (χ1v) is 7.37. The van der Waals surface area contributed by atoms with Crippen LogP contribution in [0, 0.1) is 10.1 Å². The monoisotopic (exact) mass is 307 g/mol. The number of nitrogens with one attached hydrogen (secondary N) is 1. The predicted molar refractivity (Wildman–Crippen MR) is 82.9 cm³/mol. The highest BCUT2D eigenvalue weighted by Crippen LogP contribution is 2.45. The molecule has 0 heterocycles. The molecule has 0 amide bonds. The Morgan fingerprint density at radius 3 is 2.73 bits per heavy atom. The van der Waals surface area contributed by atoms with E-state index in [4.69, 9.17) is 10.5 Å². The lowest BCUT2D eigenvalue weighted by molar-refractivity contribution is -0.384. The van der Waals surface area contributed by atoms with Crippen molar-refractivity contribution in [1.82, 2.24) is 0 Å². The number of carbonyl (C=O) groups excluding carboxylic acids is 1. The Morgan fingerprint density at radius 2 is 2.18 bits per heavy atom. The number of methoxy groups -OCH3 is 1. The zero-order valence-corrected chi connectivity index (χ0v) is 12.6. The van der Waals surface area contributed by atoms with Crippen LogP contribution in [0.4, 0.5) is 11.4 Å². The fourth-order valence-corrected chi connectivity index (χ4v) is 2.56. The number of nitro groups is 1. The quantitative estimate of drug-likeness (QED) is 0.330. The predicted octanol–water partition coefficient (Wildman–Crippen LogP) is 2.45. The lowest BCUT2D eigenvalue weighted by Crippen LogP contribution is -2.24. The molecule has 3 N–H and O–H groups in total. The van der Waals surface area contributed by atoms with Gasteiger partial charge in [0.1, 0.15) is 5.69 Å². The summed E-state index contributed by atoms with van der Waals surface area (Å²) in [5.74, 6) is -0.580. The lowest BCUT2D eigenvalue weighted by Gasteiger charge is -2.20. The summed E-state index contributed by atoms with van der Waals surface area (Å²) in [7, 11) is 1.26. The maximum absolute atomic E-state index is 11.9. The number of ether oxygens (including phenoxy) is 1. The smallest absolute Gasteiger partial charge is 0.340 e. The maximum Gasteiger partial charge on any atom is 0.340 e. The molecule has 0 spiro atoms. The van der Waals surface area contributed by atoms with Crippen LogP contribution >= 0.6 is 0 Å². The van der Waals surface area contributed by atoms with Gasteiger partial charge in [-0.2, -0.15) is 0 Å². The van der Waals surface area contributed by atoms with Crippen molar-refractivity contribution in [2.75, 3.05) is 19.0 Å². The molecule has 0 unspecified atom stereocenters. The second-order valence-electron chi connectivity index (χ2n) is 5.60. The topological polar surface area (TPSA) is 107 Å². The minimum atomic E-state index is -0.580. The Balaban J connectivity index is 2.28. The van der Waals surface area contributed by atoms with E-state index in [9.17, 15) is 14.9 Å². The molecule has 1 saturated carbocycles. The number of rotatable bonds is 8. The molecule has 0 saturated heterocycles. The van der Waals surface area contributed by atoms with Crippen LogP contribution in [0.25, 0.3) is 0 Å². The summed E-state index contributed by atoms with van der Waals surface area (Å²) >= 11 is 0. The lowest BCUT2D eigenvalue weighted by atomic mass is 10.0. The van der Waals surface area contributed by atoms with Gasteiger partial charge in [-0.05, 0) is 44.7 Å². The molecule has 0 radical (unpaired) electrons.